The maximum Gasteiger partial charge on any atom is 0.113 e. The van der Waals surface area contributed by atoms with Crippen LogP contribution in [-0.2, 0) is 11.3 Å². The van der Waals surface area contributed by atoms with Crippen LogP contribution in [0.5, 0.6) is 0 Å². The van der Waals surface area contributed by atoms with E-state index >= 15 is 0 Å². The van der Waals surface area contributed by atoms with E-state index in [2.05, 4.69) is 10.3 Å². The first kappa shape index (κ1) is 10.4. The second kappa shape index (κ2) is 5.07. The summed E-state index contributed by atoms with van der Waals surface area (Å²) in [6.07, 6.45) is 4.04. The molecule has 5 heteroatoms. The molecule has 1 aliphatic heterocycles. The molecule has 1 aromatic heterocycles. The summed E-state index contributed by atoms with van der Waals surface area (Å²) in [5.41, 5.74) is 0. The van der Waals surface area contributed by atoms with Crippen LogP contribution in [0.1, 0.15) is 17.8 Å². The summed E-state index contributed by atoms with van der Waals surface area (Å²) >= 11 is 7.31. The van der Waals surface area contributed by atoms with Crippen molar-refractivity contribution in [3.63, 3.8) is 0 Å². The maximum atomic E-state index is 5.79. The second-order valence-corrected chi connectivity index (χ2v) is 5.10. The zero-order valence-electron chi connectivity index (χ0n) is 7.83. The Balaban J connectivity index is 1.76. The Morgan fingerprint density at radius 1 is 1.71 bits per heavy atom. The van der Waals surface area contributed by atoms with Crippen LogP contribution in [0.2, 0.25) is 4.34 Å². The predicted octanol–water partition coefficient (Wildman–Crippen LogP) is 2.07. The van der Waals surface area contributed by atoms with Gasteiger partial charge in [0.25, 0.3) is 0 Å². The number of hydrogen-bond donors (Lipinski definition) is 1. The van der Waals surface area contributed by atoms with Gasteiger partial charge in [-0.1, -0.05) is 11.6 Å². The first-order chi connectivity index (χ1) is 6.84. The average molecular weight is 233 g/mol. The molecule has 0 amide bonds. The van der Waals surface area contributed by atoms with Crippen molar-refractivity contribution in [1.82, 2.24) is 10.3 Å². The number of ether oxygens (including phenoxy) is 1. The van der Waals surface area contributed by atoms with Crippen molar-refractivity contribution in [2.24, 2.45) is 0 Å². The second-order valence-electron chi connectivity index (χ2n) is 3.35. The number of aromatic nitrogens is 1. The van der Waals surface area contributed by atoms with E-state index in [-0.39, 0.29) is 0 Å². The van der Waals surface area contributed by atoms with Crippen molar-refractivity contribution in [2.75, 3.05) is 13.2 Å². The van der Waals surface area contributed by atoms with Crippen LogP contribution in [0.15, 0.2) is 6.20 Å². The van der Waals surface area contributed by atoms with Crippen LogP contribution in [0.4, 0.5) is 0 Å². The molecule has 1 N–H and O–H groups in total. The smallest absolute Gasteiger partial charge is 0.113 e. The molecule has 1 saturated heterocycles. The largest absolute Gasteiger partial charge is 0.380 e. The Morgan fingerprint density at radius 3 is 3.29 bits per heavy atom. The van der Waals surface area contributed by atoms with Crippen LogP contribution >= 0.6 is 22.9 Å². The molecule has 1 atom stereocenters. The van der Waals surface area contributed by atoms with Crippen LogP contribution in [0, 0.1) is 0 Å². The summed E-state index contributed by atoms with van der Waals surface area (Å²) in [6.45, 7) is 2.52. The highest BCUT2D eigenvalue weighted by molar-refractivity contribution is 7.15. The molecule has 1 aromatic rings. The summed E-state index contributed by atoms with van der Waals surface area (Å²) in [5.74, 6) is 0. The van der Waals surface area contributed by atoms with Gasteiger partial charge in [-0.25, -0.2) is 4.98 Å². The molecule has 0 saturated carbocycles. The fourth-order valence-corrected chi connectivity index (χ4v) is 2.41. The Kier molecular flexibility index (Phi) is 3.75. The number of halogens is 1. The molecule has 2 heterocycles. The highest BCUT2D eigenvalue weighted by Gasteiger charge is 2.13. The Morgan fingerprint density at radius 2 is 2.64 bits per heavy atom. The van der Waals surface area contributed by atoms with Gasteiger partial charge in [0.2, 0.25) is 0 Å². The van der Waals surface area contributed by atoms with Gasteiger partial charge >= 0.3 is 0 Å². The normalized spacial score (nSPS) is 22.5. The van der Waals surface area contributed by atoms with E-state index < -0.39 is 0 Å². The average Bonchev–Trinajstić information content (AvgIpc) is 2.63. The SMILES string of the molecule is Clc1cnc(CN[C@H]2CCCOC2)s1. The maximum absolute atomic E-state index is 5.79. The van der Waals surface area contributed by atoms with E-state index in [1.165, 1.54) is 17.8 Å². The lowest BCUT2D eigenvalue weighted by Gasteiger charge is -2.22. The standard InChI is InChI=1S/C9H13ClN2OS/c10-8-4-12-9(14-8)5-11-7-2-1-3-13-6-7/h4,7,11H,1-3,5-6H2/t7-/m0/s1. The fraction of sp³-hybridized carbons (Fsp3) is 0.667. The molecular weight excluding hydrogens is 220 g/mol. The van der Waals surface area contributed by atoms with Gasteiger partial charge in [-0.15, -0.1) is 11.3 Å². The van der Waals surface area contributed by atoms with Crippen molar-refractivity contribution in [1.29, 1.82) is 0 Å². The monoisotopic (exact) mass is 232 g/mol. The first-order valence-corrected chi connectivity index (χ1v) is 5.95. The number of thiazole rings is 1. The molecule has 0 bridgehead atoms. The van der Waals surface area contributed by atoms with Gasteiger partial charge < -0.3 is 10.1 Å². The molecule has 0 unspecified atom stereocenters. The summed E-state index contributed by atoms with van der Waals surface area (Å²) in [4.78, 5) is 4.18. The van der Waals surface area contributed by atoms with Crippen LogP contribution < -0.4 is 5.32 Å². The number of hydrogen-bond acceptors (Lipinski definition) is 4. The molecule has 0 aliphatic carbocycles. The topological polar surface area (TPSA) is 34.2 Å². The molecule has 0 aromatic carbocycles. The lowest BCUT2D eigenvalue weighted by Crippen LogP contribution is -2.36. The van der Waals surface area contributed by atoms with Crippen molar-refractivity contribution in [3.05, 3.63) is 15.5 Å². The highest BCUT2D eigenvalue weighted by Crippen LogP contribution is 2.18. The Hall–Kier alpha value is -0.160. The molecule has 14 heavy (non-hydrogen) atoms. The van der Waals surface area contributed by atoms with E-state index in [1.54, 1.807) is 6.20 Å². The molecule has 2 rings (SSSR count). The van der Waals surface area contributed by atoms with E-state index in [4.69, 9.17) is 16.3 Å². The van der Waals surface area contributed by atoms with Crippen LogP contribution in [-0.4, -0.2) is 24.2 Å². The summed E-state index contributed by atoms with van der Waals surface area (Å²) in [6, 6.07) is 0.478. The molecule has 0 radical (unpaired) electrons. The zero-order valence-corrected chi connectivity index (χ0v) is 9.40. The highest BCUT2D eigenvalue weighted by atomic mass is 35.5. The quantitative estimate of drug-likeness (QED) is 0.867. The Bertz CT molecular complexity index is 286. The third-order valence-corrected chi connectivity index (χ3v) is 3.34. The van der Waals surface area contributed by atoms with Gasteiger partial charge in [0.1, 0.15) is 9.34 Å². The lowest BCUT2D eigenvalue weighted by molar-refractivity contribution is 0.0699. The van der Waals surface area contributed by atoms with E-state index in [1.807, 2.05) is 0 Å². The number of nitrogens with zero attached hydrogens (tertiary/aromatic N) is 1. The van der Waals surface area contributed by atoms with Gasteiger partial charge in [0.05, 0.1) is 12.8 Å². The van der Waals surface area contributed by atoms with Gasteiger partial charge in [-0.3, -0.25) is 0 Å². The minimum Gasteiger partial charge on any atom is -0.380 e. The fourth-order valence-electron chi connectivity index (χ4n) is 1.50. The third kappa shape index (κ3) is 2.92. The van der Waals surface area contributed by atoms with Crippen molar-refractivity contribution in [3.8, 4) is 0 Å². The predicted molar refractivity (Wildman–Crippen MR) is 57.8 cm³/mol. The molecule has 3 nitrogen and oxygen atoms in total. The molecular formula is C9H13ClN2OS. The summed E-state index contributed by atoms with van der Waals surface area (Å²) in [7, 11) is 0. The van der Waals surface area contributed by atoms with Gasteiger partial charge in [0.15, 0.2) is 0 Å². The number of nitrogens with one attached hydrogen (secondary N) is 1. The van der Waals surface area contributed by atoms with Crippen LogP contribution in [0.25, 0.3) is 0 Å². The van der Waals surface area contributed by atoms with E-state index in [0.29, 0.717) is 6.04 Å². The van der Waals surface area contributed by atoms with Gasteiger partial charge in [-0.2, -0.15) is 0 Å². The van der Waals surface area contributed by atoms with Crippen molar-refractivity contribution >= 4 is 22.9 Å². The Labute approximate surface area is 92.4 Å². The number of rotatable bonds is 3. The molecule has 78 valence electrons. The van der Waals surface area contributed by atoms with Crippen molar-refractivity contribution in [2.45, 2.75) is 25.4 Å². The van der Waals surface area contributed by atoms with Gasteiger partial charge in [0, 0.05) is 19.2 Å². The lowest BCUT2D eigenvalue weighted by atomic mass is 10.1. The first-order valence-electron chi connectivity index (χ1n) is 4.76. The summed E-state index contributed by atoms with van der Waals surface area (Å²) in [5, 5.41) is 4.46. The summed E-state index contributed by atoms with van der Waals surface area (Å²) < 4.78 is 6.12. The zero-order chi connectivity index (χ0) is 9.80. The molecule has 0 spiro atoms. The molecule has 1 fully saturated rings. The van der Waals surface area contributed by atoms with E-state index in [0.717, 1.165) is 35.5 Å². The van der Waals surface area contributed by atoms with Crippen molar-refractivity contribution < 1.29 is 4.74 Å². The third-order valence-electron chi connectivity index (χ3n) is 2.23. The van der Waals surface area contributed by atoms with E-state index in [9.17, 15) is 0 Å². The molecule has 1 aliphatic rings. The minimum atomic E-state index is 0.478. The van der Waals surface area contributed by atoms with Gasteiger partial charge in [-0.05, 0) is 12.8 Å². The van der Waals surface area contributed by atoms with Crippen LogP contribution in [0.3, 0.4) is 0 Å². The minimum absolute atomic E-state index is 0.478.